The van der Waals surface area contributed by atoms with E-state index in [2.05, 4.69) is 31.1 Å². The predicted octanol–water partition coefficient (Wildman–Crippen LogP) is 2.55. The van der Waals surface area contributed by atoms with Crippen LogP contribution in [0.4, 0.5) is 0 Å². The van der Waals surface area contributed by atoms with Gasteiger partial charge in [-0.05, 0) is 63.1 Å². The summed E-state index contributed by atoms with van der Waals surface area (Å²) < 4.78 is 7.51. The molecular formula is C19H23N3O3. The van der Waals surface area contributed by atoms with E-state index in [1.165, 1.54) is 0 Å². The lowest BCUT2D eigenvalue weighted by Gasteiger charge is -2.35. The Labute approximate surface area is 146 Å². The number of fused-ring (bicyclic) bond motifs is 1. The maximum absolute atomic E-state index is 9.77. The quantitative estimate of drug-likeness (QED) is 0.837. The molecule has 0 spiro atoms. The lowest BCUT2D eigenvalue weighted by molar-refractivity contribution is -0.0593. The van der Waals surface area contributed by atoms with Crippen LogP contribution in [0.5, 0.6) is 0 Å². The van der Waals surface area contributed by atoms with Crippen LogP contribution in [0.2, 0.25) is 0 Å². The fraction of sp³-hybridized carbons (Fsp3) is 0.579. The van der Waals surface area contributed by atoms with Gasteiger partial charge in [0, 0.05) is 12.2 Å². The van der Waals surface area contributed by atoms with Gasteiger partial charge in [0.25, 0.3) is 0 Å². The average Bonchev–Trinajstić information content (AvgIpc) is 3.26. The third-order valence-electron chi connectivity index (χ3n) is 5.53. The number of aromatic nitrogens is 2. The number of ether oxygens (including phenoxy) is 1. The molecule has 6 nitrogen and oxygen atoms in total. The second kappa shape index (κ2) is 5.53. The van der Waals surface area contributed by atoms with E-state index in [4.69, 9.17) is 4.74 Å². The normalized spacial score (nSPS) is 24.4. The average molecular weight is 341 g/mol. The van der Waals surface area contributed by atoms with Gasteiger partial charge in [-0.25, -0.2) is 4.52 Å². The largest absolute Gasteiger partial charge is 0.376 e. The number of nitriles is 1. The molecule has 0 bridgehead atoms. The zero-order valence-corrected chi connectivity index (χ0v) is 14.6. The van der Waals surface area contributed by atoms with E-state index in [0.717, 1.165) is 43.4 Å². The molecule has 4 rings (SSSR count). The monoisotopic (exact) mass is 341 g/mol. The minimum absolute atomic E-state index is 0.145. The first-order valence-corrected chi connectivity index (χ1v) is 8.79. The molecule has 2 aliphatic rings. The summed E-state index contributed by atoms with van der Waals surface area (Å²) in [5.74, 6) is 0.368. The van der Waals surface area contributed by atoms with Gasteiger partial charge in [0.15, 0.2) is 6.29 Å². The third kappa shape index (κ3) is 2.73. The molecule has 2 N–H and O–H groups in total. The number of nitrogens with zero attached hydrogens (tertiary/aromatic N) is 3. The SMILES string of the molecule is CC1(C)C[C@@H](c2cnn3c(C4(C#N)CC4)c(C(O)O)cc3c2)CCO1. The summed E-state index contributed by atoms with van der Waals surface area (Å²) in [6, 6.07) is 6.14. The van der Waals surface area contributed by atoms with Crippen molar-refractivity contribution in [2.45, 2.75) is 62.8 Å². The lowest BCUT2D eigenvalue weighted by Crippen LogP contribution is -2.33. The second-order valence-electron chi connectivity index (χ2n) is 7.94. The van der Waals surface area contributed by atoms with Gasteiger partial charge in [-0.15, -0.1) is 0 Å². The molecular weight excluding hydrogens is 318 g/mol. The van der Waals surface area contributed by atoms with Crippen LogP contribution in [0.25, 0.3) is 5.52 Å². The maximum atomic E-state index is 9.77. The van der Waals surface area contributed by atoms with E-state index in [0.29, 0.717) is 17.2 Å². The molecule has 2 aromatic heterocycles. The summed E-state index contributed by atoms with van der Waals surface area (Å²) >= 11 is 0. The van der Waals surface area contributed by atoms with Crippen LogP contribution in [0, 0.1) is 11.3 Å². The third-order valence-corrected chi connectivity index (χ3v) is 5.53. The summed E-state index contributed by atoms with van der Waals surface area (Å²) in [4.78, 5) is 0. The van der Waals surface area contributed by atoms with E-state index in [-0.39, 0.29) is 5.60 Å². The topological polar surface area (TPSA) is 90.8 Å². The van der Waals surface area contributed by atoms with Crippen molar-refractivity contribution in [3.8, 4) is 6.07 Å². The maximum Gasteiger partial charge on any atom is 0.180 e. The highest BCUT2D eigenvalue weighted by Gasteiger charge is 2.49. The zero-order chi connectivity index (χ0) is 17.8. The molecule has 2 aromatic rings. The minimum Gasteiger partial charge on any atom is -0.376 e. The Morgan fingerprint density at radius 1 is 1.36 bits per heavy atom. The number of hydrogen-bond acceptors (Lipinski definition) is 5. The van der Waals surface area contributed by atoms with E-state index in [1.807, 2.05) is 6.20 Å². The van der Waals surface area contributed by atoms with Gasteiger partial charge < -0.3 is 14.9 Å². The number of aliphatic hydroxyl groups excluding tert-OH is 1. The Morgan fingerprint density at radius 3 is 2.72 bits per heavy atom. The predicted molar refractivity (Wildman–Crippen MR) is 90.9 cm³/mol. The molecule has 6 heteroatoms. The van der Waals surface area contributed by atoms with Gasteiger partial charge in [0.1, 0.15) is 0 Å². The highest BCUT2D eigenvalue weighted by atomic mass is 16.5. The molecule has 1 saturated heterocycles. The summed E-state index contributed by atoms with van der Waals surface area (Å²) in [5, 5.41) is 33.6. The highest BCUT2D eigenvalue weighted by molar-refractivity contribution is 5.58. The molecule has 2 fully saturated rings. The molecule has 0 aromatic carbocycles. The van der Waals surface area contributed by atoms with Crippen molar-refractivity contribution in [1.29, 1.82) is 5.26 Å². The standard InChI is InChI=1S/C19H23N3O3/c1-18(2)9-12(3-6-25-18)13-7-14-8-15(17(23)24)16(22(14)21-10-13)19(11-20)4-5-19/h7-8,10,12,17,23-24H,3-6,9H2,1-2H3/t12-/m0/s1. The second-order valence-corrected chi connectivity index (χ2v) is 7.94. The van der Waals surface area contributed by atoms with Gasteiger partial charge in [-0.2, -0.15) is 10.4 Å². The van der Waals surface area contributed by atoms with E-state index < -0.39 is 11.7 Å². The van der Waals surface area contributed by atoms with Crippen LogP contribution >= 0.6 is 0 Å². The Balaban J connectivity index is 1.79. The first-order chi connectivity index (χ1) is 11.9. The zero-order valence-electron chi connectivity index (χ0n) is 14.6. The summed E-state index contributed by atoms with van der Waals surface area (Å²) in [5.41, 5.74) is 2.17. The Kier molecular flexibility index (Phi) is 3.66. The van der Waals surface area contributed by atoms with Gasteiger partial charge >= 0.3 is 0 Å². The number of aliphatic hydroxyl groups is 2. The number of hydrogen-bond donors (Lipinski definition) is 2. The van der Waals surface area contributed by atoms with Crippen LogP contribution in [-0.4, -0.2) is 32.0 Å². The molecule has 0 amide bonds. The van der Waals surface area contributed by atoms with Crippen molar-refractivity contribution < 1.29 is 14.9 Å². The van der Waals surface area contributed by atoms with Crippen LogP contribution < -0.4 is 0 Å². The van der Waals surface area contributed by atoms with Crippen LogP contribution in [0.1, 0.15) is 68.6 Å². The molecule has 132 valence electrons. The Hall–Kier alpha value is -1.94. The van der Waals surface area contributed by atoms with Crippen LogP contribution in [0.15, 0.2) is 18.3 Å². The summed E-state index contributed by atoms with van der Waals surface area (Å²) in [6.45, 7) is 4.93. The lowest BCUT2D eigenvalue weighted by atomic mass is 9.84. The molecule has 3 heterocycles. The van der Waals surface area contributed by atoms with Crippen molar-refractivity contribution in [2.24, 2.45) is 0 Å². The van der Waals surface area contributed by atoms with Gasteiger partial charge in [0.05, 0.1) is 34.5 Å². The van der Waals surface area contributed by atoms with Gasteiger partial charge in [-0.3, -0.25) is 0 Å². The summed E-state index contributed by atoms with van der Waals surface area (Å²) in [7, 11) is 0. The first kappa shape index (κ1) is 16.5. The minimum atomic E-state index is -1.60. The fourth-order valence-corrected chi connectivity index (χ4v) is 4.04. The van der Waals surface area contributed by atoms with Crippen molar-refractivity contribution >= 4 is 5.52 Å². The van der Waals surface area contributed by atoms with E-state index >= 15 is 0 Å². The van der Waals surface area contributed by atoms with Crippen molar-refractivity contribution in [3.63, 3.8) is 0 Å². The van der Waals surface area contributed by atoms with Gasteiger partial charge in [0.2, 0.25) is 0 Å². The van der Waals surface area contributed by atoms with Crippen molar-refractivity contribution in [3.05, 3.63) is 35.2 Å². The van der Waals surface area contributed by atoms with Crippen LogP contribution in [-0.2, 0) is 10.2 Å². The van der Waals surface area contributed by atoms with Gasteiger partial charge in [-0.1, -0.05) is 0 Å². The highest BCUT2D eigenvalue weighted by Crippen LogP contribution is 2.50. The number of rotatable bonds is 3. The molecule has 1 saturated carbocycles. The molecule has 0 unspecified atom stereocenters. The van der Waals surface area contributed by atoms with E-state index in [1.54, 1.807) is 10.6 Å². The smallest absolute Gasteiger partial charge is 0.180 e. The fourth-order valence-electron chi connectivity index (χ4n) is 4.04. The Bertz CT molecular complexity index is 859. The molecule has 0 radical (unpaired) electrons. The van der Waals surface area contributed by atoms with E-state index in [9.17, 15) is 15.5 Å². The summed E-state index contributed by atoms with van der Waals surface area (Å²) in [6.07, 6.45) is 3.58. The molecule has 1 aliphatic heterocycles. The Morgan fingerprint density at radius 2 is 2.12 bits per heavy atom. The van der Waals surface area contributed by atoms with Crippen LogP contribution in [0.3, 0.4) is 0 Å². The van der Waals surface area contributed by atoms with Crippen molar-refractivity contribution in [2.75, 3.05) is 6.61 Å². The molecule has 1 aliphatic carbocycles. The van der Waals surface area contributed by atoms with Crippen molar-refractivity contribution in [1.82, 2.24) is 9.61 Å². The molecule has 1 atom stereocenters. The molecule has 25 heavy (non-hydrogen) atoms. The first-order valence-electron chi connectivity index (χ1n) is 8.79.